The fraction of sp³-hybridized carbons (Fsp3) is 0. The normalized spacial score (nSPS) is 10.3. The zero-order chi connectivity index (χ0) is 17.6. The van der Waals surface area contributed by atoms with Gasteiger partial charge in [-0.15, -0.1) is 0 Å². The summed E-state index contributed by atoms with van der Waals surface area (Å²) in [4.78, 5) is 0. The molecule has 0 saturated heterocycles. The molecule has 0 saturated carbocycles. The van der Waals surface area contributed by atoms with Gasteiger partial charge in [0, 0.05) is 24.3 Å². The van der Waals surface area contributed by atoms with Crippen LogP contribution in [0.25, 0.3) is 22.0 Å². The van der Waals surface area contributed by atoms with E-state index in [1.807, 2.05) is 85.5 Å². The van der Waals surface area contributed by atoms with Crippen molar-refractivity contribution < 1.29 is 9.35 Å². The molecule has 4 nitrogen and oxygen atoms in total. The van der Waals surface area contributed by atoms with Gasteiger partial charge in [0.05, 0.1) is 0 Å². The third-order valence-electron chi connectivity index (χ3n) is 3.89. The summed E-state index contributed by atoms with van der Waals surface area (Å²) < 4.78 is 3.60. The maximum Gasteiger partial charge on any atom is 0.164 e. The SMILES string of the molecule is c1cc[n+]([N-]c2cccc(-c3cccc([N-][n+]4ccccc4)c3)c2)cc1. The molecule has 0 aliphatic carbocycles. The van der Waals surface area contributed by atoms with E-state index in [9.17, 15) is 0 Å². The molecule has 4 heteroatoms. The van der Waals surface area contributed by atoms with Crippen LogP contribution in [0.1, 0.15) is 0 Å². The first-order chi connectivity index (χ1) is 12.9. The molecular formula is C22H18N4. The highest BCUT2D eigenvalue weighted by molar-refractivity contribution is 5.71. The largest absolute Gasteiger partial charge is 0.405 e. The van der Waals surface area contributed by atoms with Gasteiger partial charge >= 0.3 is 0 Å². The number of benzene rings is 2. The van der Waals surface area contributed by atoms with Crippen molar-refractivity contribution in [2.24, 2.45) is 0 Å². The van der Waals surface area contributed by atoms with Crippen LogP contribution in [-0.4, -0.2) is 0 Å². The summed E-state index contributed by atoms with van der Waals surface area (Å²) in [5.74, 6) is 0. The molecule has 0 amide bonds. The lowest BCUT2D eigenvalue weighted by atomic mass is 10.0. The highest BCUT2D eigenvalue weighted by atomic mass is 15.4. The Bertz CT molecular complexity index is 902. The molecule has 4 rings (SSSR count). The molecule has 0 atom stereocenters. The molecule has 126 valence electrons. The molecule has 2 aromatic carbocycles. The van der Waals surface area contributed by atoms with Crippen molar-refractivity contribution in [1.82, 2.24) is 0 Å². The zero-order valence-corrected chi connectivity index (χ0v) is 14.2. The summed E-state index contributed by atoms with van der Waals surface area (Å²) in [6, 6.07) is 28.1. The van der Waals surface area contributed by atoms with Crippen LogP contribution in [0.15, 0.2) is 110 Å². The molecule has 2 heterocycles. The quantitative estimate of drug-likeness (QED) is 0.466. The lowest BCUT2D eigenvalue weighted by Crippen LogP contribution is -2.25. The van der Waals surface area contributed by atoms with Crippen LogP contribution in [0.5, 0.6) is 0 Å². The van der Waals surface area contributed by atoms with Gasteiger partial charge in [-0.25, -0.2) is 9.35 Å². The molecule has 0 N–H and O–H groups in total. The van der Waals surface area contributed by atoms with Crippen molar-refractivity contribution in [3.8, 4) is 11.1 Å². The smallest absolute Gasteiger partial charge is 0.164 e. The third kappa shape index (κ3) is 3.87. The number of rotatable bonds is 5. The molecule has 0 aliphatic rings. The van der Waals surface area contributed by atoms with Gasteiger partial charge in [0.25, 0.3) is 0 Å². The summed E-state index contributed by atoms with van der Waals surface area (Å²) in [7, 11) is 0. The van der Waals surface area contributed by atoms with E-state index in [4.69, 9.17) is 0 Å². The zero-order valence-electron chi connectivity index (χ0n) is 14.2. The molecule has 0 radical (unpaired) electrons. The van der Waals surface area contributed by atoms with Gasteiger partial charge in [0.1, 0.15) is 0 Å². The summed E-state index contributed by atoms with van der Waals surface area (Å²) >= 11 is 0. The van der Waals surface area contributed by atoms with Gasteiger partial charge in [0.2, 0.25) is 0 Å². The number of pyridine rings is 2. The standard InChI is InChI=1S/C22H18N4/c1-3-13-25(14-4-1)23-21-11-7-9-19(17-21)20-10-8-12-22(18-20)24-26-15-5-2-6-16-26/h1-18H. The molecule has 26 heavy (non-hydrogen) atoms. The van der Waals surface area contributed by atoms with Gasteiger partial charge in [-0.3, -0.25) is 0 Å². The van der Waals surface area contributed by atoms with E-state index in [0.717, 1.165) is 22.5 Å². The summed E-state index contributed by atoms with van der Waals surface area (Å²) in [6.07, 6.45) is 7.68. The average Bonchev–Trinajstić information content (AvgIpc) is 2.70. The van der Waals surface area contributed by atoms with E-state index in [0.29, 0.717) is 0 Å². The van der Waals surface area contributed by atoms with Crippen molar-refractivity contribution in [3.63, 3.8) is 0 Å². The van der Waals surface area contributed by atoms with E-state index in [1.54, 1.807) is 9.35 Å². The van der Waals surface area contributed by atoms with Crippen LogP contribution in [0.2, 0.25) is 0 Å². The summed E-state index contributed by atoms with van der Waals surface area (Å²) in [6.45, 7) is 0. The molecule has 0 bridgehead atoms. The monoisotopic (exact) mass is 338 g/mol. The predicted octanol–water partition coefficient (Wildman–Crippen LogP) is 4.87. The van der Waals surface area contributed by atoms with Crippen molar-refractivity contribution in [3.05, 3.63) is 121 Å². The lowest BCUT2D eigenvalue weighted by Gasteiger charge is -2.17. The Balaban J connectivity index is 1.57. The van der Waals surface area contributed by atoms with Gasteiger partial charge in [-0.05, 0) is 11.1 Å². The maximum atomic E-state index is 4.61. The molecule has 0 aliphatic heterocycles. The highest BCUT2D eigenvalue weighted by Gasteiger charge is 1.98. The van der Waals surface area contributed by atoms with Crippen molar-refractivity contribution >= 4 is 11.4 Å². The van der Waals surface area contributed by atoms with Crippen LogP contribution in [-0.2, 0) is 0 Å². The fourth-order valence-electron chi connectivity index (χ4n) is 2.67. The Hall–Kier alpha value is -3.66. The molecular weight excluding hydrogens is 320 g/mol. The first-order valence-electron chi connectivity index (χ1n) is 8.44. The van der Waals surface area contributed by atoms with E-state index in [2.05, 4.69) is 35.1 Å². The Morgan fingerprint density at radius 1 is 0.462 bits per heavy atom. The Kier molecular flexibility index (Phi) is 4.56. The molecule has 0 unspecified atom stereocenters. The number of nitrogens with zero attached hydrogens (tertiary/aromatic N) is 4. The van der Waals surface area contributed by atoms with Crippen molar-refractivity contribution in [2.75, 3.05) is 0 Å². The maximum absolute atomic E-state index is 4.61. The number of aromatic nitrogens is 2. The van der Waals surface area contributed by atoms with Gasteiger partial charge < -0.3 is 10.9 Å². The minimum absolute atomic E-state index is 0.901. The van der Waals surface area contributed by atoms with Gasteiger partial charge in [-0.1, -0.05) is 72.0 Å². The van der Waals surface area contributed by atoms with Crippen LogP contribution in [0, 0.1) is 0 Å². The Labute approximate surface area is 153 Å². The minimum atomic E-state index is 0.901. The fourth-order valence-corrected chi connectivity index (χ4v) is 2.67. The summed E-state index contributed by atoms with van der Waals surface area (Å²) in [5.41, 5.74) is 13.2. The second-order valence-electron chi connectivity index (χ2n) is 5.81. The highest BCUT2D eigenvalue weighted by Crippen LogP contribution is 2.28. The van der Waals surface area contributed by atoms with E-state index < -0.39 is 0 Å². The third-order valence-corrected chi connectivity index (χ3v) is 3.89. The molecule has 0 spiro atoms. The molecule has 2 aromatic heterocycles. The lowest BCUT2D eigenvalue weighted by molar-refractivity contribution is -0.619. The van der Waals surface area contributed by atoms with Crippen molar-refractivity contribution in [2.45, 2.75) is 0 Å². The molecule has 4 aromatic rings. The van der Waals surface area contributed by atoms with E-state index in [1.165, 1.54) is 0 Å². The van der Waals surface area contributed by atoms with E-state index >= 15 is 0 Å². The average molecular weight is 338 g/mol. The predicted molar refractivity (Wildman–Crippen MR) is 102 cm³/mol. The summed E-state index contributed by atoms with van der Waals surface area (Å²) in [5, 5.41) is 0. The van der Waals surface area contributed by atoms with Crippen LogP contribution < -0.4 is 9.35 Å². The van der Waals surface area contributed by atoms with Crippen LogP contribution in [0.4, 0.5) is 11.4 Å². The first kappa shape index (κ1) is 15.8. The Morgan fingerprint density at radius 3 is 1.31 bits per heavy atom. The second kappa shape index (κ2) is 7.49. The second-order valence-corrected chi connectivity index (χ2v) is 5.81. The number of hydrogen-bond acceptors (Lipinski definition) is 0. The first-order valence-corrected chi connectivity index (χ1v) is 8.44. The number of hydrogen-bond donors (Lipinski definition) is 0. The van der Waals surface area contributed by atoms with Gasteiger partial charge in [-0.2, -0.15) is 0 Å². The van der Waals surface area contributed by atoms with Crippen molar-refractivity contribution in [1.29, 1.82) is 0 Å². The van der Waals surface area contributed by atoms with Gasteiger partial charge in [0.15, 0.2) is 24.8 Å². The van der Waals surface area contributed by atoms with E-state index in [-0.39, 0.29) is 0 Å². The molecule has 0 fully saturated rings. The van der Waals surface area contributed by atoms with Crippen LogP contribution in [0.3, 0.4) is 0 Å². The topological polar surface area (TPSA) is 36.0 Å². The van der Waals surface area contributed by atoms with Crippen LogP contribution >= 0.6 is 0 Å². The minimum Gasteiger partial charge on any atom is -0.405 e. The Morgan fingerprint density at radius 2 is 0.885 bits per heavy atom.